The van der Waals surface area contributed by atoms with Crippen LogP contribution in [0.25, 0.3) is 0 Å². The molecular formula is C15H27NO. The van der Waals surface area contributed by atoms with Gasteiger partial charge < -0.3 is 0 Å². The van der Waals surface area contributed by atoms with Crippen LogP contribution in [-0.2, 0) is 0 Å². The molecule has 0 amide bonds. The fraction of sp³-hybridized carbons (Fsp3) is 0.733. The predicted octanol–water partition coefficient (Wildman–Crippen LogP) is 5.40. The molecule has 0 spiro atoms. The highest BCUT2D eigenvalue weighted by Crippen LogP contribution is 2.10. The molecule has 0 aliphatic carbocycles. The summed E-state index contributed by atoms with van der Waals surface area (Å²) >= 11 is 0. The molecule has 0 radical (unpaired) electrons. The van der Waals surface area contributed by atoms with Crippen LogP contribution in [0.4, 0.5) is 0 Å². The molecule has 0 aromatic carbocycles. The van der Waals surface area contributed by atoms with E-state index in [1.807, 2.05) is 0 Å². The first kappa shape index (κ1) is 16.1. The van der Waals surface area contributed by atoms with Crippen LogP contribution in [0.5, 0.6) is 0 Å². The summed E-state index contributed by atoms with van der Waals surface area (Å²) in [6, 6.07) is 0. The summed E-state index contributed by atoms with van der Waals surface area (Å²) in [5, 5.41) is 2.85. The van der Waals surface area contributed by atoms with E-state index in [-0.39, 0.29) is 0 Å². The Hall–Kier alpha value is -0.920. The number of hydrogen-bond acceptors (Lipinski definition) is 2. The molecular weight excluding hydrogens is 210 g/mol. The molecule has 0 rings (SSSR count). The Kier molecular flexibility index (Phi) is 12.4. The lowest BCUT2D eigenvalue weighted by Gasteiger charge is -2.00. The van der Waals surface area contributed by atoms with Crippen LogP contribution in [0, 0.1) is 4.91 Å². The summed E-state index contributed by atoms with van der Waals surface area (Å²) < 4.78 is 0. The van der Waals surface area contributed by atoms with Crippen molar-refractivity contribution in [1.82, 2.24) is 0 Å². The quantitative estimate of drug-likeness (QED) is 0.254. The molecule has 0 saturated carbocycles. The van der Waals surface area contributed by atoms with Gasteiger partial charge >= 0.3 is 0 Å². The Morgan fingerprint density at radius 1 is 1.06 bits per heavy atom. The Bertz CT molecular complexity index is 221. The summed E-state index contributed by atoms with van der Waals surface area (Å²) in [6.07, 6.45) is 15.0. The SMILES string of the molecule is C=C(CC)CCCC/C=C\CCCCCN=O. The minimum absolute atomic E-state index is 0.477. The number of hydrogen-bond donors (Lipinski definition) is 0. The molecule has 98 valence electrons. The molecule has 0 heterocycles. The molecule has 2 heteroatoms. The van der Waals surface area contributed by atoms with Gasteiger partial charge in [0.2, 0.25) is 0 Å². The third-order valence-electron chi connectivity index (χ3n) is 2.94. The molecule has 0 saturated heterocycles. The highest BCUT2D eigenvalue weighted by Gasteiger charge is 1.91. The van der Waals surface area contributed by atoms with E-state index in [9.17, 15) is 4.91 Å². The van der Waals surface area contributed by atoms with Crippen molar-refractivity contribution in [3.05, 3.63) is 29.2 Å². The van der Waals surface area contributed by atoms with Crippen LogP contribution in [0.1, 0.15) is 64.7 Å². The molecule has 0 aliphatic rings. The van der Waals surface area contributed by atoms with E-state index in [1.54, 1.807) is 0 Å². The van der Waals surface area contributed by atoms with E-state index in [0.717, 1.165) is 25.7 Å². The average molecular weight is 237 g/mol. The summed E-state index contributed by atoms with van der Waals surface area (Å²) in [5.41, 5.74) is 1.37. The maximum atomic E-state index is 9.84. The normalized spacial score (nSPS) is 10.9. The fourth-order valence-corrected chi connectivity index (χ4v) is 1.66. The van der Waals surface area contributed by atoms with Crippen molar-refractivity contribution in [2.24, 2.45) is 5.18 Å². The van der Waals surface area contributed by atoms with E-state index in [4.69, 9.17) is 0 Å². The zero-order chi connectivity index (χ0) is 12.8. The Labute approximate surface area is 106 Å². The maximum Gasteiger partial charge on any atom is 0.0811 e. The second-order valence-electron chi connectivity index (χ2n) is 4.52. The summed E-state index contributed by atoms with van der Waals surface area (Å²) in [7, 11) is 0. The third kappa shape index (κ3) is 13.0. The van der Waals surface area contributed by atoms with Gasteiger partial charge in [0.25, 0.3) is 0 Å². The first-order valence-corrected chi connectivity index (χ1v) is 6.92. The van der Waals surface area contributed by atoms with Gasteiger partial charge in [0.1, 0.15) is 0 Å². The van der Waals surface area contributed by atoms with Gasteiger partial charge in [-0.05, 0) is 51.4 Å². The van der Waals surface area contributed by atoms with Crippen molar-refractivity contribution >= 4 is 0 Å². The molecule has 0 fully saturated rings. The Balaban J connectivity index is 3.14. The van der Waals surface area contributed by atoms with Crippen LogP contribution in [0.15, 0.2) is 29.5 Å². The first-order chi connectivity index (χ1) is 8.31. The smallest absolute Gasteiger partial charge is 0.0811 e. The predicted molar refractivity (Wildman–Crippen MR) is 76.2 cm³/mol. The minimum Gasteiger partial charge on any atom is -0.151 e. The monoisotopic (exact) mass is 237 g/mol. The highest BCUT2D eigenvalue weighted by molar-refractivity contribution is 4.92. The molecule has 0 aromatic heterocycles. The van der Waals surface area contributed by atoms with E-state index in [1.165, 1.54) is 37.7 Å². The van der Waals surface area contributed by atoms with Crippen LogP contribution >= 0.6 is 0 Å². The maximum absolute atomic E-state index is 9.84. The third-order valence-corrected chi connectivity index (χ3v) is 2.94. The van der Waals surface area contributed by atoms with Gasteiger partial charge in [0.15, 0.2) is 0 Å². The summed E-state index contributed by atoms with van der Waals surface area (Å²) in [4.78, 5) is 9.84. The lowest BCUT2D eigenvalue weighted by atomic mass is 10.1. The molecule has 0 aliphatic heterocycles. The number of nitrogens with zero attached hydrogens (tertiary/aromatic N) is 1. The number of allylic oxidation sites excluding steroid dienone is 3. The molecule has 0 aromatic rings. The second kappa shape index (κ2) is 13.1. The zero-order valence-corrected chi connectivity index (χ0v) is 11.3. The zero-order valence-electron chi connectivity index (χ0n) is 11.3. The van der Waals surface area contributed by atoms with Crippen molar-refractivity contribution < 1.29 is 0 Å². The van der Waals surface area contributed by atoms with Gasteiger partial charge in [-0.3, -0.25) is 0 Å². The van der Waals surface area contributed by atoms with Gasteiger partial charge in [-0.2, -0.15) is 4.91 Å². The second-order valence-corrected chi connectivity index (χ2v) is 4.52. The van der Waals surface area contributed by atoms with Crippen molar-refractivity contribution in [2.45, 2.75) is 64.7 Å². The van der Waals surface area contributed by atoms with Crippen LogP contribution < -0.4 is 0 Å². The van der Waals surface area contributed by atoms with E-state index >= 15 is 0 Å². The summed E-state index contributed by atoms with van der Waals surface area (Å²) in [5.74, 6) is 0. The average Bonchev–Trinajstić information content (AvgIpc) is 2.35. The van der Waals surface area contributed by atoms with Gasteiger partial charge in [-0.15, -0.1) is 0 Å². The van der Waals surface area contributed by atoms with Crippen LogP contribution in [0.3, 0.4) is 0 Å². The van der Waals surface area contributed by atoms with E-state index in [0.29, 0.717) is 6.54 Å². The van der Waals surface area contributed by atoms with Crippen molar-refractivity contribution in [3.63, 3.8) is 0 Å². The fourth-order valence-electron chi connectivity index (χ4n) is 1.66. The lowest BCUT2D eigenvalue weighted by molar-refractivity contribution is 0.691. The van der Waals surface area contributed by atoms with Crippen LogP contribution in [0.2, 0.25) is 0 Å². The number of unbranched alkanes of at least 4 members (excludes halogenated alkanes) is 5. The Morgan fingerprint density at radius 3 is 2.29 bits per heavy atom. The topological polar surface area (TPSA) is 29.4 Å². The van der Waals surface area contributed by atoms with Crippen LogP contribution in [-0.4, -0.2) is 6.54 Å². The molecule has 17 heavy (non-hydrogen) atoms. The largest absolute Gasteiger partial charge is 0.151 e. The number of rotatable bonds is 12. The molecule has 0 unspecified atom stereocenters. The van der Waals surface area contributed by atoms with Crippen molar-refractivity contribution in [3.8, 4) is 0 Å². The van der Waals surface area contributed by atoms with Gasteiger partial charge in [0, 0.05) is 0 Å². The van der Waals surface area contributed by atoms with Crippen molar-refractivity contribution in [1.29, 1.82) is 0 Å². The van der Waals surface area contributed by atoms with E-state index < -0.39 is 0 Å². The molecule has 0 atom stereocenters. The summed E-state index contributed by atoms with van der Waals surface area (Å²) in [6.45, 7) is 6.65. The van der Waals surface area contributed by atoms with Crippen molar-refractivity contribution in [2.75, 3.05) is 6.54 Å². The standard InChI is InChI=1S/C15H27NO/c1-3-15(2)13-11-9-7-5-4-6-8-10-12-14-16-17/h4-5H,2-3,6-14H2,1H3/b5-4-. The highest BCUT2D eigenvalue weighted by atomic mass is 16.3. The lowest BCUT2D eigenvalue weighted by Crippen LogP contribution is -1.81. The van der Waals surface area contributed by atoms with Gasteiger partial charge in [0.05, 0.1) is 6.54 Å². The Morgan fingerprint density at radius 2 is 1.71 bits per heavy atom. The number of nitroso groups, excluding NO2 is 1. The van der Waals surface area contributed by atoms with Gasteiger partial charge in [-0.25, -0.2) is 0 Å². The van der Waals surface area contributed by atoms with E-state index in [2.05, 4.69) is 30.8 Å². The minimum atomic E-state index is 0.477. The first-order valence-electron chi connectivity index (χ1n) is 6.92. The molecule has 0 bridgehead atoms. The molecule has 0 N–H and O–H groups in total. The van der Waals surface area contributed by atoms with Gasteiger partial charge in [-0.1, -0.05) is 42.8 Å². The molecule has 2 nitrogen and oxygen atoms in total.